The summed E-state index contributed by atoms with van der Waals surface area (Å²) in [6, 6.07) is 10.9. The largest absolute Gasteiger partial charge is 0.506 e. The average molecular weight is 870 g/mol. The summed E-state index contributed by atoms with van der Waals surface area (Å²) in [5, 5.41) is 22.6. The van der Waals surface area contributed by atoms with E-state index in [0.717, 1.165) is 17.7 Å². The molecule has 0 heterocycles. The van der Waals surface area contributed by atoms with E-state index in [-0.39, 0.29) is 56.2 Å². The molecule has 0 aliphatic heterocycles. The fourth-order valence-corrected chi connectivity index (χ4v) is 7.58. The van der Waals surface area contributed by atoms with E-state index in [1.54, 1.807) is 55.4 Å². The van der Waals surface area contributed by atoms with Crippen LogP contribution in [0.15, 0.2) is 64.4 Å². The second-order valence-electron chi connectivity index (χ2n) is 14.5. The molecule has 0 saturated heterocycles. The Morgan fingerprint density at radius 3 is 1.80 bits per heavy atom. The van der Waals surface area contributed by atoms with Crippen LogP contribution in [0.25, 0.3) is 0 Å². The molecule has 1 atom stereocenters. The van der Waals surface area contributed by atoms with Crippen LogP contribution in [0.2, 0.25) is 0 Å². The van der Waals surface area contributed by atoms with Crippen LogP contribution in [0.5, 0.6) is 23.0 Å². The number of rotatable bonds is 10. The Labute approximate surface area is 350 Å². The van der Waals surface area contributed by atoms with Crippen molar-refractivity contribution >= 4 is 45.6 Å². The maximum atomic E-state index is 13.9. The van der Waals surface area contributed by atoms with E-state index < -0.39 is 41.0 Å². The maximum absolute atomic E-state index is 13.9. The topological polar surface area (TPSA) is 172 Å². The molecule has 1 unspecified atom stereocenters. The lowest BCUT2D eigenvalue weighted by Crippen LogP contribution is -2.47. The van der Waals surface area contributed by atoms with Gasteiger partial charge >= 0.3 is 23.9 Å². The smallest absolute Gasteiger partial charge is 0.356 e. The van der Waals surface area contributed by atoms with Gasteiger partial charge in [-0.05, 0) is 159 Å². The summed E-state index contributed by atoms with van der Waals surface area (Å²) in [7, 11) is 1.19. The van der Waals surface area contributed by atoms with Crippen molar-refractivity contribution in [2.45, 2.75) is 81.4 Å². The number of aliphatic hydroxyl groups is 1. The summed E-state index contributed by atoms with van der Waals surface area (Å²) in [5.41, 5.74) is 3.12. The number of esters is 4. The number of phenols is 1. The summed E-state index contributed by atoms with van der Waals surface area (Å²) >= 11 is 3.23. The van der Waals surface area contributed by atoms with Gasteiger partial charge in [-0.3, -0.25) is 4.79 Å². The van der Waals surface area contributed by atoms with Gasteiger partial charge in [0.05, 0.1) is 18.2 Å². The van der Waals surface area contributed by atoms with E-state index in [1.165, 1.54) is 27.0 Å². The lowest BCUT2D eigenvalue weighted by Gasteiger charge is -2.30. The van der Waals surface area contributed by atoms with Gasteiger partial charge in [0, 0.05) is 6.08 Å². The number of aryl methyl sites for hydroxylation is 1. The van der Waals surface area contributed by atoms with E-state index in [1.807, 2.05) is 30.3 Å². The van der Waals surface area contributed by atoms with Gasteiger partial charge in [0.25, 0.3) is 0 Å². The van der Waals surface area contributed by atoms with Gasteiger partial charge in [-0.15, -0.1) is 0 Å². The van der Waals surface area contributed by atoms with Crippen molar-refractivity contribution in [1.82, 2.24) is 0 Å². The van der Waals surface area contributed by atoms with Crippen LogP contribution in [0.1, 0.15) is 93.6 Å². The minimum Gasteiger partial charge on any atom is -0.506 e. The number of hydrogen-bond acceptors (Lipinski definition) is 12. The molecule has 0 amide bonds. The Morgan fingerprint density at radius 1 is 0.661 bits per heavy atom. The summed E-state index contributed by atoms with van der Waals surface area (Å²) < 4.78 is 28.0. The first-order chi connectivity index (χ1) is 27.7. The predicted molar refractivity (Wildman–Crippen MR) is 221 cm³/mol. The van der Waals surface area contributed by atoms with Gasteiger partial charge in [-0.1, -0.05) is 30.3 Å². The minimum atomic E-state index is -2.43. The van der Waals surface area contributed by atoms with Gasteiger partial charge in [0.2, 0.25) is 5.60 Å². The first-order valence-corrected chi connectivity index (χ1v) is 19.3. The van der Waals surface area contributed by atoms with Crippen LogP contribution < -0.4 is 14.2 Å². The number of carbonyl (C=O) groups is 5. The Hall–Kier alpha value is -6.05. The maximum Gasteiger partial charge on any atom is 0.356 e. The number of allylic oxidation sites excluding steroid dienone is 2. The van der Waals surface area contributed by atoms with E-state index in [9.17, 15) is 34.2 Å². The Balaban J connectivity index is 1.39. The molecule has 0 aromatic heterocycles. The molecular weight excluding hydrogens is 824 g/mol. The number of phenolic OH excluding ortho intramolecular Hbond substituents is 1. The van der Waals surface area contributed by atoms with E-state index in [4.69, 9.17) is 23.7 Å². The van der Waals surface area contributed by atoms with Crippen LogP contribution in [0, 0.1) is 62.3 Å². The average Bonchev–Trinajstić information content (AvgIpc) is 3.19. The second-order valence-corrected chi connectivity index (χ2v) is 15.3. The van der Waals surface area contributed by atoms with Gasteiger partial charge < -0.3 is 33.9 Å². The van der Waals surface area contributed by atoms with Gasteiger partial charge in [0.1, 0.15) is 39.7 Å². The molecule has 0 saturated carbocycles. The summed E-state index contributed by atoms with van der Waals surface area (Å²) in [6.45, 7) is 16.7. The molecule has 0 fully saturated rings. The van der Waals surface area contributed by atoms with Crippen LogP contribution >= 0.6 is 15.9 Å². The molecule has 308 valence electrons. The highest BCUT2D eigenvalue weighted by Gasteiger charge is 2.48. The quantitative estimate of drug-likeness (QED) is 0.115. The van der Waals surface area contributed by atoms with Crippen LogP contribution in [-0.4, -0.2) is 52.6 Å². The highest BCUT2D eigenvalue weighted by molar-refractivity contribution is 9.10. The summed E-state index contributed by atoms with van der Waals surface area (Å²) in [4.78, 5) is 66.3. The fraction of sp³-hybridized carbons (Fsp3) is 0.283. The lowest BCUT2D eigenvalue weighted by atomic mass is 9.87. The Bertz CT molecular complexity index is 2470. The van der Waals surface area contributed by atoms with Crippen molar-refractivity contribution in [2.75, 3.05) is 7.11 Å². The molecule has 1 aliphatic rings. The molecule has 0 spiro atoms. The zero-order chi connectivity index (χ0) is 43.8. The molecule has 5 rings (SSSR count). The van der Waals surface area contributed by atoms with E-state index in [0.29, 0.717) is 50.3 Å². The van der Waals surface area contributed by atoms with Crippen molar-refractivity contribution < 1.29 is 57.9 Å². The summed E-state index contributed by atoms with van der Waals surface area (Å²) in [5.74, 6) is -4.45. The zero-order valence-electron chi connectivity index (χ0n) is 34.7. The third-order valence-corrected chi connectivity index (χ3v) is 11.8. The number of methoxy groups -OCH3 is 1. The molecule has 4 aromatic carbocycles. The number of carbonyl (C=O) groups excluding carboxylic acids is 5. The zero-order valence-corrected chi connectivity index (χ0v) is 36.3. The number of aromatic hydroxyl groups is 1. The molecule has 0 bridgehead atoms. The molecule has 4 aromatic rings. The highest BCUT2D eigenvalue weighted by Crippen LogP contribution is 2.44. The van der Waals surface area contributed by atoms with E-state index in [2.05, 4.69) is 15.9 Å². The van der Waals surface area contributed by atoms with Crippen molar-refractivity contribution in [2.24, 2.45) is 0 Å². The van der Waals surface area contributed by atoms with Crippen molar-refractivity contribution in [3.8, 4) is 23.0 Å². The molecular formula is C46H45BrO12. The number of hydrogen-bond donors (Lipinski definition) is 2. The summed E-state index contributed by atoms with van der Waals surface area (Å²) in [6.07, 6.45) is 2.04. The Kier molecular flexibility index (Phi) is 12.7. The molecule has 59 heavy (non-hydrogen) atoms. The monoisotopic (exact) mass is 868 g/mol. The van der Waals surface area contributed by atoms with Crippen molar-refractivity contribution in [3.63, 3.8) is 0 Å². The van der Waals surface area contributed by atoms with Gasteiger partial charge in [-0.2, -0.15) is 0 Å². The normalized spacial score (nSPS) is 14.9. The number of halogens is 1. The SMILES string of the molecule is COC1=CC(=O)C=C(C)C1(O)C(=O)Oc1c(C)c(C)c(C(=O)Oc2cc(C)c(C(=O)Oc3c(C)c(C)c(C(=O)OCc4ccccc4)c(C)c3C)c(C)c2C)c(O)c1Br. The van der Waals surface area contributed by atoms with Crippen molar-refractivity contribution in [1.29, 1.82) is 0 Å². The predicted octanol–water partition coefficient (Wildman–Crippen LogP) is 8.42. The Morgan fingerprint density at radius 2 is 1.20 bits per heavy atom. The lowest BCUT2D eigenvalue weighted by molar-refractivity contribution is -0.151. The van der Waals surface area contributed by atoms with Crippen LogP contribution in [0.4, 0.5) is 0 Å². The number of benzene rings is 4. The second kappa shape index (κ2) is 17.0. The minimum absolute atomic E-state index is 0.0370. The molecule has 1 aliphatic carbocycles. The first-order valence-electron chi connectivity index (χ1n) is 18.5. The van der Waals surface area contributed by atoms with Crippen LogP contribution in [0.3, 0.4) is 0 Å². The first kappa shape index (κ1) is 44.1. The van der Waals surface area contributed by atoms with Gasteiger partial charge in [-0.25, -0.2) is 19.2 Å². The molecule has 0 radical (unpaired) electrons. The van der Waals surface area contributed by atoms with Crippen LogP contribution in [-0.2, 0) is 25.7 Å². The molecule has 2 N–H and O–H groups in total. The number of ketones is 1. The fourth-order valence-electron chi connectivity index (χ4n) is 7.00. The van der Waals surface area contributed by atoms with E-state index >= 15 is 0 Å². The molecule has 12 nitrogen and oxygen atoms in total. The van der Waals surface area contributed by atoms with Crippen molar-refractivity contribution in [3.05, 3.63) is 137 Å². The number of ether oxygens (including phenoxy) is 5. The third-order valence-electron chi connectivity index (χ3n) is 11.0. The van der Waals surface area contributed by atoms with Gasteiger partial charge in [0.15, 0.2) is 11.5 Å². The third kappa shape index (κ3) is 8.04. The highest BCUT2D eigenvalue weighted by atomic mass is 79.9. The standard InChI is InChI=1S/C46H45BrO12/c1-21-17-33(57-44(52)37-27(7)30(10)41(38(47)39(37)49)59-45(53)46(54)22(2)18-32(48)19-34(46)55-11)23(3)24(4)35(21)43(51)58-40-28(8)25(5)36(26(6)29(40)9)42(50)56-20-31-15-13-12-14-16-31/h12-19,49,54H,20H2,1-11H3. The molecule has 13 heteroatoms.